The molecule has 0 fully saturated rings. The zero-order valence-corrected chi connectivity index (χ0v) is 14.8. The third kappa shape index (κ3) is 4.51. The molecule has 0 unspecified atom stereocenters. The number of ether oxygens (including phenoxy) is 2. The monoisotopic (exact) mass is 327 g/mol. The Morgan fingerprint density at radius 1 is 1.08 bits per heavy atom. The SMILES string of the molecule is COc1cc(C(=O)N[C@@H](C)CCc2ccccc2)cc(OC)c1C. The van der Waals surface area contributed by atoms with Gasteiger partial charge in [-0.15, -0.1) is 0 Å². The van der Waals surface area contributed by atoms with Crippen LogP contribution in [0.5, 0.6) is 11.5 Å². The minimum Gasteiger partial charge on any atom is -0.496 e. The highest BCUT2D eigenvalue weighted by Gasteiger charge is 2.15. The molecule has 2 aromatic rings. The fourth-order valence-electron chi connectivity index (χ4n) is 2.62. The molecule has 0 aliphatic heterocycles. The molecule has 0 aliphatic carbocycles. The Hall–Kier alpha value is -2.49. The molecule has 0 saturated carbocycles. The first-order valence-electron chi connectivity index (χ1n) is 8.12. The fourth-order valence-corrected chi connectivity index (χ4v) is 2.62. The summed E-state index contributed by atoms with van der Waals surface area (Å²) in [6.45, 7) is 3.92. The van der Waals surface area contributed by atoms with E-state index in [1.807, 2.05) is 32.0 Å². The summed E-state index contributed by atoms with van der Waals surface area (Å²) in [6, 6.07) is 13.8. The van der Waals surface area contributed by atoms with Gasteiger partial charge in [-0.25, -0.2) is 0 Å². The first-order valence-corrected chi connectivity index (χ1v) is 8.12. The lowest BCUT2D eigenvalue weighted by Crippen LogP contribution is -2.33. The Bertz CT molecular complexity index is 658. The standard InChI is InChI=1S/C20H25NO3/c1-14(10-11-16-8-6-5-7-9-16)21-20(22)17-12-18(23-3)15(2)19(13-17)24-4/h5-9,12-14H,10-11H2,1-4H3,(H,21,22)/t14-/m0/s1. The average Bonchev–Trinajstić information content (AvgIpc) is 2.61. The molecule has 0 spiro atoms. The highest BCUT2D eigenvalue weighted by Crippen LogP contribution is 2.29. The Morgan fingerprint density at radius 2 is 1.67 bits per heavy atom. The van der Waals surface area contributed by atoms with Gasteiger partial charge in [-0.05, 0) is 44.4 Å². The van der Waals surface area contributed by atoms with Crippen molar-refractivity contribution in [2.45, 2.75) is 32.7 Å². The Kier molecular flexibility index (Phi) is 6.24. The maximum absolute atomic E-state index is 12.5. The summed E-state index contributed by atoms with van der Waals surface area (Å²) in [6.07, 6.45) is 1.82. The van der Waals surface area contributed by atoms with Gasteiger partial charge in [-0.3, -0.25) is 4.79 Å². The number of carbonyl (C=O) groups excluding carboxylic acids is 1. The Morgan fingerprint density at radius 3 is 2.21 bits per heavy atom. The number of carbonyl (C=O) groups is 1. The highest BCUT2D eigenvalue weighted by atomic mass is 16.5. The number of methoxy groups -OCH3 is 2. The van der Waals surface area contributed by atoms with E-state index in [1.54, 1.807) is 26.4 Å². The molecule has 1 N–H and O–H groups in total. The van der Waals surface area contributed by atoms with Crippen molar-refractivity contribution in [1.29, 1.82) is 0 Å². The molecule has 1 atom stereocenters. The maximum atomic E-state index is 12.5. The van der Waals surface area contributed by atoms with Crippen molar-refractivity contribution in [2.75, 3.05) is 14.2 Å². The largest absolute Gasteiger partial charge is 0.496 e. The number of hydrogen-bond donors (Lipinski definition) is 1. The van der Waals surface area contributed by atoms with Crippen LogP contribution in [0.25, 0.3) is 0 Å². The molecule has 4 heteroatoms. The summed E-state index contributed by atoms with van der Waals surface area (Å²) in [7, 11) is 3.18. The van der Waals surface area contributed by atoms with Gasteiger partial charge < -0.3 is 14.8 Å². The molecule has 128 valence electrons. The molecular formula is C20H25NO3. The van der Waals surface area contributed by atoms with Crippen LogP contribution in [0, 0.1) is 6.92 Å². The molecule has 0 saturated heterocycles. The summed E-state index contributed by atoms with van der Waals surface area (Å²) in [5.74, 6) is 1.18. The number of rotatable bonds is 7. The Labute approximate surface area is 143 Å². The summed E-state index contributed by atoms with van der Waals surface area (Å²) in [5, 5.41) is 3.04. The quantitative estimate of drug-likeness (QED) is 0.842. The fraction of sp³-hybridized carbons (Fsp3) is 0.350. The van der Waals surface area contributed by atoms with Crippen LogP contribution in [0.15, 0.2) is 42.5 Å². The number of benzene rings is 2. The van der Waals surface area contributed by atoms with Crippen LogP contribution in [0.4, 0.5) is 0 Å². The van der Waals surface area contributed by atoms with E-state index in [4.69, 9.17) is 9.47 Å². The van der Waals surface area contributed by atoms with Crippen molar-refractivity contribution >= 4 is 5.91 Å². The van der Waals surface area contributed by atoms with Gasteiger partial charge in [0.2, 0.25) is 0 Å². The van der Waals surface area contributed by atoms with Crippen LogP contribution in [0.2, 0.25) is 0 Å². The van der Waals surface area contributed by atoms with E-state index in [0.29, 0.717) is 17.1 Å². The van der Waals surface area contributed by atoms with Crippen molar-refractivity contribution in [1.82, 2.24) is 5.32 Å². The number of aryl methyl sites for hydroxylation is 1. The molecule has 0 radical (unpaired) electrons. The second-order valence-corrected chi connectivity index (χ2v) is 5.90. The van der Waals surface area contributed by atoms with E-state index in [0.717, 1.165) is 18.4 Å². The van der Waals surface area contributed by atoms with Gasteiger partial charge in [0.05, 0.1) is 14.2 Å². The van der Waals surface area contributed by atoms with Crippen molar-refractivity contribution in [3.8, 4) is 11.5 Å². The molecular weight excluding hydrogens is 302 g/mol. The van der Waals surface area contributed by atoms with Gasteiger partial charge in [0, 0.05) is 17.2 Å². The van der Waals surface area contributed by atoms with E-state index in [2.05, 4.69) is 17.4 Å². The first-order chi connectivity index (χ1) is 11.5. The summed E-state index contributed by atoms with van der Waals surface area (Å²) >= 11 is 0. The van der Waals surface area contributed by atoms with Crippen LogP contribution < -0.4 is 14.8 Å². The summed E-state index contributed by atoms with van der Waals surface area (Å²) < 4.78 is 10.7. The number of nitrogens with one attached hydrogen (secondary N) is 1. The van der Waals surface area contributed by atoms with Gasteiger partial charge in [0.25, 0.3) is 5.91 Å². The lowest BCUT2D eigenvalue weighted by molar-refractivity contribution is 0.0937. The molecule has 2 rings (SSSR count). The number of hydrogen-bond acceptors (Lipinski definition) is 3. The van der Waals surface area contributed by atoms with Crippen molar-refractivity contribution in [2.24, 2.45) is 0 Å². The average molecular weight is 327 g/mol. The molecule has 0 aliphatic rings. The summed E-state index contributed by atoms with van der Waals surface area (Å²) in [5.41, 5.74) is 2.70. The van der Waals surface area contributed by atoms with Crippen molar-refractivity contribution in [3.63, 3.8) is 0 Å². The molecule has 0 bridgehead atoms. The molecule has 24 heavy (non-hydrogen) atoms. The van der Waals surface area contributed by atoms with E-state index < -0.39 is 0 Å². The zero-order valence-electron chi connectivity index (χ0n) is 14.8. The summed E-state index contributed by atoms with van der Waals surface area (Å²) in [4.78, 5) is 12.5. The van der Waals surface area contributed by atoms with Crippen LogP contribution in [-0.4, -0.2) is 26.2 Å². The number of amides is 1. The third-order valence-electron chi connectivity index (χ3n) is 4.10. The van der Waals surface area contributed by atoms with Crippen LogP contribution in [-0.2, 0) is 6.42 Å². The maximum Gasteiger partial charge on any atom is 0.251 e. The lowest BCUT2D eigenvalue weighted by atomic mass is 10.1. The van der Waals surface area contributed by atoms with Crippen LogP contribution >= 0.6 is 0 Å². The Balaban J connectivity index is 2.01. The third-order valence-corrected chi connectivity index (χ3v) is 4.10. The van der Waals surface area contributed by atoms with Gasteiger partial charge in [-0.1, -0.05) is 30.3 Å². The predicted octanol–water partition coefficient (Wildman–Crippen LogP) is 3.76. The smallest absolute Gasteiger partial charge is 0.251 e. The second-order valence-electron chi connectivity index (χ2n) is 5.90. The molecule has 2 aromatic carbocycles. The topological polar surface area (TPSA) is 47.6 Å². The minimum absolute atomic E-state index is 0.0796. The van der Waals surface area contributed by atoms with Crippen LogP contribution in [0.3, 0.4) is 0 Å². The van der Waals surface area contributed by atoms with Gasteiger partial charge >= 0.3 is 0 Å². The van der Waals surface area contributed by atoms with Gasteiger partial charge in [0.1, 0.15) is 11.5 Å². The molecule has 0 heterocycles. The van der Waals surface area contributed by atoms with E-state index in [1.165, 1.54) is 5.56 Å². The molecule has 4 nitrogen and oxygen atoms in total. The highest BCUT2D eigenvalue weighted by molar-refractivity contribution is 5.95. The van der Waals surface area contributed by atoms with E-state index in [9.17, 15) is 4.79 Å². The molecule has 1 amide bonds. The lowest BCUT2D eigenvalue weighted by Gasteiger charge is -2.16. The predicted molar refractivity (Wildman–Crippen MR) is 96.0 cm³/mol. The van der Waals surface area contributed by atoms with Gasteiger partial charge in [-0.2, -0.15) is 0 Å². The minimum atomic E-state index is -0.118. The van der Waals surface area contributed by atoms with E-state index >= 15 is 0 Å². The van der Waals surface area contributed by atoms with Gasteiger partial charge in [0.15, 0.2) is 0 Å². The first kappa shape index (κ1) is 17.9. The zero-order chi connectivity index (χ0) is 17.5. The van der Waals surface area contributed by atoms with Crippen molar-refractivity contribution in [3.05, 3.63) is 59.2 Å². The normalized spacial score (nSPS) is 11.7. The van der Waals surface area contributed by atoms with Crippen LogP contribution in [0.1, 0.15) is 34.8 Å². The van der Waals surface area contributed by atoms with E-state index in [-0.39, 0.29) is 11.9 Å². The van der Waals surface area contributed by atoms with Crippen molar-refractivity contribution < 1.29 is 14.3 Å². The second kappa shape index (κ2) is 8.39. The molecule has 0 aromatic heterocycles.